The molecule has 0 aliphatic rings. The lowest BCUT2D eigenvalue weighted by atomic mass is 10.5. The average Bonchev–Trinajstić information content (AvgIpc) is 1.97. The first-order chi connectivity index (χ1) is 4.81. The summed E-state index contributed by atoms with van der Waals surface area (Å²) in [6.07, 6.45) is 1.05. The van der Waals surface area contributed by atoms with Gasteiger partial charge in [-0.05, 0) is 0 Å². The molecule has 54 valence electrons. The Hall–Kier alpha value is -0.450. The average molecular weight is 172 g/mol. The van der Waals surface area contributed by atoms with Gasteiger partial charge in [0, 0.05) is 24.3 Å². The number of rotatable bonds is 4. The number of nitriles is 2. The van der Waals surface area contributed by atoms with E-state index in [0.29, 0.717) is 12.8 Å². The molecule has 0 N–H and O–H groups in total. The van der Waals surface area contributed by atoms with E-state index in [-0.39, 0.29) is 9.45 Å². The Balaban J connectivity index is 3.30. The van der Waals surface area contributed by atoms with Gasteiger partial charge >= 0.3 is 0 Å². The SMILES string of the molecule is N#CCCS(=S)CCC#N. The van der Waals surface area contributed by atoms with Crippen LogP contribution in [0.2, 0.25) is 0 Å². The fraction of sp³-hybridized carbons (Fsp3) is 0.667. The lowest BCUT2D eigenvalue weighted by molar-refractivity contribution is 1.20. The first kappa shape index (κ1) is 9.55. The standard InChI is InChI=1S/C6H8N2S2/c7-3-1-5-10(9)6-2-4-8/h1-2,5-6H2. The summed E-state index contributed by atoms with van der Waals surface area (Å²) in [6.45, 7) is 0. The van der Waals surface area contributed by atoms with Crippen molar-refractivity contribution < 1.29 is 0 Å². The van der Waals surface area contributed by atoms with Crippen molar-refractivity contribution in [3.8, 4) is 12.1 Å². The van der Waals surface area contributed by atoms with Crippen molar-refractivity contribution in [1.29, 1.82) is 10.5 Å². The summed E-state index contributed by atoms with van der Waals surface area (Å²) in [5, 5.41) is 16.4. The molecule has 4 heteroatoms. The highest BCUT2D eigenvalue weighted by molar-refractivity contribution is 8.28. The van der Waals surface area contributed by atoms with Crippen LogP contribution in [0.25, 0.3) is 0 Å². The second-order valence-electron chi connectivity index (χ2n) is 1.66. The van der Waals surface area contributed by atoms with E-state index in [2.05, 4.69) is 0 Å². The molecule has 0 heterocycles. The monoisotopic (exact) mass is 172 g/mol. The van der Waals surface area contributed by atoms with Crippen molar-refractivity contribution in [2.45, 2.75) is 12.8 Å². The zero-order valence-electron chi connectivity index (χ0n) is 5.54. The van der Waals surface area contributed by atoms with Crippen LogP contribution in [0.4, 0.5) is 0 Å². The Morgan fingerprint density at radius 1 is 1.10 bits per heavy atom. The minimum absolute atomic E-state index is 0.131. The number of hydrogen-bond donors (Lipinski definition) is 0. The highest BCUT2D eigenvalue weighted by Gasteiger charge is 1.92. The third-order valence-electron chi connectivity index (χ3n) is 0.883. The lowest BCUT2D eigenvalue weighted by Gasteiger charge is -1.95. The summed E-state index contributed by atoms with van der Waals surface area (Å²) in [6, 6.07) is 4.06. The van der Waals surface area contributed by atoms with Gasteiger partial charge in [-0.25, -0.2) is 0 Å². The van der Waals surface area contributed by atoms with E-state index in [4.69, 9.17) is 21.7 Å². The van der Waals surface area contributed by atoms with Crippen LogP contribution in [0, 0.1) is 22.7 Å². The fourth-order valence-corrected chi connectivity index (χ4v) is 1.76. The normalized spacial score (nSPS) is 8.70. The number of nitrogens with zero attached hydrogens (tertiary/aromatic N) is 2. The molecule has 0 radical (unpaired) electrons. The van der Waals surface area contributed by atoms with Crippen LogP contribution in [-0.2, 0) is 20.6 Å². The van der Waals surface area contributed by atoms with Crippen molar-refractivity contribution in [2.24, 2.45) is 0 Å². The van der Waals surface area contributed by atoms with E-state index in [0.717, 1.165) is 11.5 Å². The molecule has 0 aliphatic carbocycles. The van der Waals surface area contributed by atoms with E-state index < -0.39 is 0 Å². The quantitative estimate of drug-likeness (QED) is 0.633. The molecule has 0 aromatic carbocycles. The second-order valence-corrected chi connectivity index (χ2v) is 4.77. The van der Waals surface area contributed by atoms with Crippen LogP contribution in [0.1, 0.15) is 12.8 Å². The van der Waals surface area contributed by atoms with Crippen LogP contribution in [0.15, 0.2) is 0 Å². The largest absolute Gasteiger partial charge is 0.198 e. The third-order valence-corrected chi connectivity index (χ3v) is 3.20. The first-order valence-corrected chi connectivity index (χ1v) is 5.39. The van der Waals surface area contributed by atoms with Crippen LogP contribution in [0.3, 0.4) is 0 Å². The van der Waals surface area contributed by atoms with Crippen LogP contribution in [0.5, 0.6) is 0 Å². The highest BCUT2D eigenvalue weighted by atomic mass is 32.8. The maximum absolute atomic E-state index is 8.18. The van der Waals surface area contributed by atoms with Gasteiger partial charge < -0.3 is 0 Å². The molecule has 0 saturated carbocycles. The zero-order valence-corrected chi connectivity index (χ0v) is 7.17. The van der Waals surface area contributed by atoms with Crippen LogP contribution >= 0.6 is 0 Å². The lowest BCUT2D eigenvalue weighted by Crippen LogP contribution is -1.99. The Morgan fingerprint density at radius 3 is 1.80 bits per heavy atom. The molecule has 0 amide bonds. The maximum Gasteiger partial charge on any atom is 0.0630 e. The van der Waals surface area contributed by atoms with Crippen molar-refractivity contribution in [1.82, 2.24) is 0 Å². The van der Waals surface area contributed by atoms with Gasteiger partial charge in [-0.1, -0.05) is 11.2 Å². The van der Waals surface area contributed by atoms with Gasteiger partial charge in [-0.2, -0.15) is 10.5 Å². The summed E-state index contributed by atoms with van der Waals surface area (Å²) in [4.78, 5) is 0. The Labute approximate surface area is 68.0 Å². The zero-order chi connectivity index (χ0) is 7.82. The topological polar surface area (TPSA) is 47.6 Å². The van der Waals surface area contributed by atoms with Gasteiger partial charge in [0.1, 0.15) is 0 Å². The maximum atomic E-state index is 8.18. The summed E-state index contributed by atoms with van der Waals surface area (Å²) in [5.41, 5.74) is 0. The van der Waals surface area contributed by atoms with Gasteiger partial charge in [0.05, 0.1) is 12.1 Å². The van der Waals surface area contributed by atoms with E-state index >= 15 is 0 Å². The first-order valence-electron chi connectivity index (χ1n) is 2.90. The summed E-state index contributed by atoms with van der Waals surface area (Å²) in [7, 11) is -0.131. The van der Waals surface area contributed by atoms with Gasteiger partial charge in [0.15, 0.2) is 0 Å². The van der Waals surface area contributed by atoms with E-state index in [1.807, 2.05) is 12.1 Å². The molecule has 0 saturated heterocycles. The molecule has 0 aromatic rings. The molecular formula is C6H8N2S2. The minimum atomic E-state index is -0.131. The van der Waals surface area contributed by atoms with E-state index in [1.165, 1.54) is 0 Å². The van der Waals surface area contributed by atoms with Crippen molar-refractivity contribution >= 4 is 20.6 Å². The predicted molar refractivity (Wildman–Crippen MR) is 44.9 cm³/mol. The fourth-order valence-electron chi connectivity index (χ4n) is 0.421. The summed E-state index contributed by atoms with van der Waals surface area (Å²) >= 11 is 4.99. The molecule has 0 spiro atoms. The molecule has 0 fully saturated rings. The smallest absolute Gasteiger partial charge is 0.0630 e. The molecule has 0 rings (SSSR count). The van der Waals surface area contributed by atoms with Crippen LogP contribution in [-0.4, -0.2) is 11.5 Å². The Morgan fingerprint density at radius 2 is 1.50 bits per heavy atom. The van der Waals surface area contributed by atoms with Crippen molar-refractivity contribution in [3.05, 3.63) is 0 Å². The Bertz CT molecular complexity index is 167. The molecule has 0 unspecified atom stereocenters. The van der Waals surface area contributed by atoms with Gasteiger partial charge in [0.2, 0.25) is 0 Å². The van der Waals surface area contributed by atoms with Gasteiger partial charge in [0.25, 0.3) is 0 Å². The van der Waals surface area contributed by atoms with E-state index in [9.17, 15) is 0 Å². The van der Waals surface area contributed by atoms with E-state index in [1.54, 1.807) is 0 Å². The molecule has 0 atom stereocenters. The highest BCUT2D eigenvalue weighted by Crippen LogP contribution is 1.89. The third kappa shape index (κ3) is 5.68. The second kappa shape index (κ2) is 6.67. The molecule has 0 aliphatic heterocycles. The molecule has 2 nitrogen and oxygen atoms in total. The van der Waals surface area contributed by atoms with Crippen LogP contribution < -0.4 is 0 Å². The molecular weight excluding hydrogens is 164 g/mol. The van der Waals surface area contributed by atoms with Crippen molar-refractivity contribution in [3.63, 3.8) is 0 Å². The summed E-state index contributed by atoms with van der Waals surface area (Å²) in [5.74, 6) is 1.54. The van der Waals surface area contributed by atoms with Gasteiger partial charge in [-0.15, -0.1) is 9.45 Å². The summed E-state index contributed by atoms with van der Waals surface area (Å²) < 4.78 is 0. The molecule has 0 bridgehead atoms. The predicted octanol–water partition coefficient (Wildman–Crippen LogP) is 0.894. The van der Waals surface area contributed by atoms with Crippen molar-refractivity contribution in [2.75, 3.05) is 11.5 Å². The Kier molecular flexibility index (Phi) is 6.37. The molecule has 0 aromatic heterocycles. The minimum Gasteiger partial charge on any atom is -0.198 e. The van der Waals surface area contributed by atoms with Gasteiger partial charge in [-0.3, -0.25) is 0 Å². The number of hydrogen-bond acceptors (Lipinski definition) is 3. The molecule has 10 heavy (non-hydrogen) atoms.